The summed E-state index contributed by atoms with van der Waals surface area (Å²) in [5.41, 5.74) is 4.10. The van der Waals surface area contributed by atoms with Gasteiger partial charge in [-0.15, -0.1) is 11.3 Å². The van der Waals surface area contributed by atoms with Crippen molar-refractivity contribution < 1.29 is 0 Å². The number of aromatic nitrogens is 1. The highest BCUT2D eigenvalue weighted by molar-refractivity contribution is 7.09. The van der Waals surface area contributed by atoms with Gasteiger partial charge >= 0.3 is 0 Å². The summed E-state index contributed by atoms with van der Waals surface area (Å²) in [6, 6.07) is 0. The third-order valence-corrected chi connectivity index (χ3v) is 2.00. The van der Waals surface area contributed by atoms with E-state index in [1.807, 2.05) is 0 Å². The van der Waals surface area contributed by atoms with E-state index in [2.05, 4.69) is 24.3 Å². The molecule has 0 spiro atoms. The van der Waals surface area contributed by atoms with E-state index in [-0.39, 0.29) is 0 Å². The van der Waals surface area contributed by atoms with Gasteiger partial charge in [0.15, 0.2) is 5.51 Å². The maximum Gasteiger partial charge on any atom is 0.152 e. The van der Waals surface area contributed by atoms with E-state index in [0.717, 1.165) is 6.42 Å². The smallest absolute Gasteiger partial charge is 0.152 e. The summed E-state index contributed by atoms with van der Waals surface area (Å²) in [6.45, 7) is 4.26. The molecule has 0 saturated heterocycles. The maximum absolute atomic E-state index is 4.10. The van der Waals surface area contributed by atoms with Crippen LogP contribution < -0.4 is 0 Å². The topological polar surface area (TPSA) is 12.9 Å². The zero-order chi connectivity index (χ0) is 6.69. The first-order valence-electron chi connectivity index (χ1n) is 3.17. The lowest BCUT2D eigenvalue weighted by molar-refractivity contribution is 0.884. The lowest BCUT2D eigenvalue weighted by Gasteiger charge is -1.90. The molecule has 0 aliphatic rings. The molecule has 49 valence electrons. The van der Waals surface area contributed by atoms with E-state index in [1.54, 1.807) is 11.3 Å². The third-order valence-electron chi connectivity index (χ3n) is 1.27. The van der Waals surface area contributed by atoms with Crippen molar-refractivity contribution in [3.63, 3.8) is 0 Å². The monoisotopic (exact) mass is 140 g/mol. The van der Waals surface area contributed by atoms with Crippen LogP contribution >= 0.6 is 11.3 Å². The molecule has 0 bridgehead atoms. The fraction of sp³-hybridized carbons (Fsp3) is 0.571. The quantitative estimate of drug-likeness (QED) is 0.613. The second kappa shape index (κ2) is 2.97. The molecule has 1 nitrogen and oxygen atoms in total. The van der Waals surface area contributed by atoms with Crippen LogP contribution in [-0.4, -0.2) is 4.98 Å². The molecule has 0 aliphatic heterocycles. The van der Waals surface area contributed by atoms with Crippen LogP contribution in [0.25, 0.3) is 0 Å². The Bertz CT molecular complexity index is 181. The molecule has 1 aromatic rings. The van der Waals surface area contributed by atoms with Gasteiger partial charge in [-0.2, -0.15) is 0 Å². The van der Waals surface area contributed by atoms with Gasteiger partial charge in [-0.25, -0.2) is 4.98 Å². The van der Waals surface area contributed by atoms with Crippen molar-refractivity contribution in [2.24, 2.45) is 0 Å². The summed E-state index contributed by atoms with van der Waals surface area (Å²) in [4.78, 5) is 5.42. The van der Waals surface area contributed by atoms with Crippen molar-refractivity contribution >= 4 is 11.3 Å². The molecular formula is C7H10NS. The van der Waals surface area contributed by atoms with E-state index in [1.165, 1.54) is 17.0 Å². The predicted molar refractivity (Wildman–Crippen MR) is 39.7 cm³/mol. The average molecular weight is 140 g/mol. The molecule has 1 heterocycles. The van der Waals surface area contributed by atoms with E-state index in [4.69, 9.17) is 0 Å². The normalized spacial score (nSPS) is 10.0. The molecule has 0 saturated carbocycles. The second-order valence-electron chi connectivity index (χ2n) is 2.06. The van der Waals surface area contributed by atoms with Crippen LogP contribution in [-0.2, 0) is 6.42 Å². The zero-order valence-electron chi connectivity index (χ0n) is 5.77. The molecule has 2 heteroatoms. The molecule has 1 rings (SSSR count). The highest BCUT2D eigenvalue weighted by Gasteiger charge is 1.97. The van der Waals surface area contributed by atoms with E-state index < -0.39 is 0 Å². The Labute approximate surface area is 59.8 Å². The van der Waals surface area contributed by atoms with Crippen LogP contribution in [0.1, 0.15) is 23.9 Å². The number of aryl methyl sites for hydroxylation is 2. The van der Waals surface area contributed by atoms with Gasteiger partial charge in [-0.1, -0.05) is 13.3 Å². The van der Waals surface area contributed by atoms with Crippen molar-refractivity contribution in [1.29, 1.82) is 0 Å². The minimum Gasteiger partial charge on any atom is -0.238 e. The number of rotatable bonds is 2. The lowest BCUT2D eigenvalue weighted by Crippen LogP contribution is -1.83. The molecule has 0 aliphatic carbocycles. The zero-order valence-corrected chi connectivity index (χ0v) is 6.59. The Morgan fingerprint density at radius 2 is 2.44 bits per heavy atom. The van der Waals surface area contributed by atoms with Gasteiger partial charge in [0.2, 0.25) is 0 Å². The summed E-state index contributed by atoms with van der Waals surface area (Å²) in [5, 5.41) is 0. The van der Waals surface area contributed by atoms with Crippen molar-refractivity contribution in [2.45, 2.75) is 26.7 Å². The minimum atomic E-state index is 1.10. The van der Waals surface area contributed by atoms with Gasteiger partial charge in [0, 0.05) is 4.88 Å². The largest absolute Gasteiger partial charge is 0.238 e. The van der Waals surface area contributed by atoms with Gasteiger partial charge in [-0.05, 0) is 13.3 Å². The van der Waals surface area contributed by atoms with Crippen molar-refractivity contribution in [3.05, 3.63) is 16.1 Å². The van der Waals surface area contributed by atoms with Crippen LogP contribution in [0.2, 0.25) is 0 Å². The summed E-state index contributed by atoms with van der Waals surface area (Å²) in [7, 11) is 0. The molecule has 0 amide bonds. The molecule has 0 atom stereocenters. The molecule has 1 radical (unpaired) electrons. The van der Waals surface area contributed by atoms with Gasteiger partial charge in [0.05, 0.1) is 5.69 Å². The van der Waals surface area contributed by atoms with E-state index >= 15 is 0 Å². The Morgan fingerprint density at radius 3 is 2.89 bits per heavy atom. The average Bonchev–Trinajstić information content (AvgIpc) is 2.18. The molecular weight excluding hydrogens is 130 g/mol. The molecule has 9 heavy (non-hydrogen) atoms. The first kappa shape index (κ1) is 6.75. The fourth-order valence-electron chi connectivity index (χ4n) is 0.753. The fourth-order valence-corrected chi connectivity index (χ4v) is 1.31. The number of hydrogen-bond acceptors (Lipinski definition) is 2. The first-order chi connectivity index (χ1) is 4.34. The number of hydrogen-bond donors (Lipinski definition) is 0. The van der Waals surface area contributed by atoms with Gasteiger partial charge < -0.3 is 0 Å². The van der Waals surface area contributed by atoms with Gasteiger partial charge in [0.1, 0.15) is 0 Å². The van der Waals surface area contributed by atoms with Gasteiger partial charge in [-0.3, -0.25) is 0 Å². The van der Waals surface area contributed by atoms with Crippen molar-refractivity contribution in [3.8, 4) is 0 Å². The minimum absolute atomic E-state index is 1.10. The standard InChI is InChI=1S/C7H10NS/c1-3-4-7-6(2)9-5-8-7/h3-4H2,1-2H3. The van der Waals surface area contributed by atoms with Gasteiger partial charge in [0.25, 0.3) is 0 Å². The Kier molecular flexibility index (Phi) is 2.22. The third kappa shape index (κ3) is 1.52. The van der Waals surface area contributed by atoms with Crippen LogP contribution in [0.15, 0.2) is 0 Å². The Morgan fingerprint density at radius 1 is 1.67 bits per heavy atom. The lowest BCUT2D eigenvalue weighted by atomic mass is 10.2. The highest BCUT2D eigenvalue weighted by Crippen LogP contribution is 2.11. The van der Waals surface area contributed by atoms with Crippen LogP contribution in [0.3, 0.4) is 0 Å². The van der Waals surface area contributed by atoms with Crippen LogP contribution in [0.4, 0.5) is 0 Å². The van der Waals surface area contributed by atoms with Crippen molar-refractivity contribution in [1.82, 2.24) is 4.98 Å². The molecule has 0 N–H and O–H groups in total. The number of thiazole rings is 1. The molecule has 0 fully saturated rings. The van der Waals surface area contributed by atoms with Crippen LogP contribution in [0, 0.1) is 12.4 Å². The van der Waals surface area contributed by atoms with E-state index in [9.17, 15) is 0 Å². The van der Waals surface area contributed by atoms with Crippen molar-refractivity contribution in [2.75, 3.05) is 0 Å². The second-order valence-corrected chi connectivity index (χ2v) is 3.06. The maximum atomic E-state index is 4.10. The summed E-state index contributed by atoms with van der Waals surface area (Å²) < 4.78 is 0. The molecule has 1 aromatic heterocycles. The van der Waals surface area contributed by atoms with E-state index in [0.29, 0.717) is 0 Å². The summed E-state index contributed by atoms with van der Waals surface area (Å²) >= 11 is 1.61. The molecule has 0 unspecified atom stereocenters. The highest BCUT2D eigenvalue weighted by atomic mass is 32.1. The summed E-state index contributed by atoms with van der Waals surface area (Å²) in [5.74, 6) is 0. The Balaban J connectivity index is 2.69. The predicted octanol–water partition coefficient (Wildman–Crippen LogP) is 2.20. The van der Waals surface area contributed by atoms with Crippen LogP contribution in [0.5, 0.6) is 0 Å². The summed E-state index contributed by atoms with van der Waals surface area (Å²) in [6.07, 6.45) is 2.28. The Hall–Kier alpha value is -0.370. The SMILES string of the molecule is CCCc1n[c]sc1C. The molecule has 0 aromatic carbocycles. The first-order valence-corrected chi connectivity index (χ1v) is 3.98. The number of nitrogens with zero attached hydrogens (tertiary/aromatic N) is 1.